The van der Waals surface area contributed by atoms with Crippen molar-refractivity contribution in [3.63, 3.8) is 0 Å². The summed E-state index contributed by atoms with van der Waals surface area (Å²) in [5, 5.41) is 9.10. The van der Waals surface area contributed by atoms with Gasteiger partial charge in [0.25, 0.3) is 0 Å². The number of carbonyl (C=O) groups excluding carboxylic acids is 3. The summed E-state index contributed by atoms with van der Waals surface area (Å²) in [5.74, 6) is -1.53. The highest BCUT2D eigenvalue weighted by Crippen LogP contribution is 2.17. The van der Waals surface area contributed by atoms with E-state index in [4.69, 9.17) is 15.9 Å². The van der Waals surface area contributed by atoms with Crippen LogP contribution in [0.5, 0.6) is 0 Å². The van der Waals surface area contributed by atoms with Crippen LogP contribution >= 0.6 is 0 Å². The molecule has 0 saturated carbocycles. The third kappa shape index (κ3) is 9.38. The Morgan fingerprint density at radius 3 is 2.30 bits per heavy atom. The number of amides is 3. The molecule has 0 unspecified atom stereocenters. The molecule has 204 valence electrons. The van der Waals surface area contributed by atoms with Gasteiger partial charge in [-0.1, -0.05) is 52.3 Å². The van der Waals surface area contributed by atoms with E-state index in [1.165, 1.54) is 6.07 Å². The Bertz CT molecular complexity index is 1110. The average Bonchev–Trinajstić information content (AvgIpc) is 2.84. The average molecular weight is 516 g/mol. The minimum Gasteiger partial charge on any atom is -0.423 e. The van der Waals surface area contributed by atoms with E-state index in [0.717, 1.165) is 11.8 Å². The number of nitrogens with two attached hydrogens (primary N) is 2. The van der Waals surface area contributed by atoms with E-state index in [0.29, 0.717) is 37.0 Å². The number of benzene rings is 1. The van der Waals surface area contributed by atoms with Crippen molar-refractivity contribution < 1.29 is 18.8 Å². The molecule has 0 radical (unpaired) electrons. The maximum atomic E-state index is 13.2. The molecule has 0 aliphatic rings. The lowest BCUT2D eigenvalue weighted by Crippen LogP contribution is -2.56. The summed E-state index contributed by atoms with van der Waals surface area (Å²) in [6.07, 6.45) is 2.18. The lowest BCUT2D eigenvalue weighted by molar-refractivity contribution is -0.135. The Balaban J connectivity index is 2.16. The molecule has 7 N–H and O–H groups in total. The van der Waals surface area contributed by atoms with Gasteiger partial charge in [0.1, 0.15) is 11.6 Å². The number of imide groups is 1. The zero-order valence-electron chi connectivity index (χ0n) is 22.2. The van der Waals surface area contributed by atoms with E-state index >= 15 is 0 Å². The van der Waals surface area contributed by atoms with E-state index in [1.807, 2.05) is 39.8 Å². The summed E-state index contributed by atoms with van der Waals surface area (Å²) < 4.78 is 5.25. The second-order valence-corrected chi connectivity index (χ2v) is 10.1. The number of fused-ring (bicyclic) bond motifs is 1. The summed E-state index contributed by atoms with van der Waals surface area (Å²) in [6, 6.07) is 6.18. The molecule has 2 aromatic rings. The SMILES string of the molecule is CC(C)C[C@H](NC(=O)[C@H](N)C(C)C)C(=O)NC(=O)[C@H](CCCCN)NCc1cc(=O)oc2ccccc12. The minimum atomic E-state index is -0.895. The topological polar surface area (TPSA) is 170 Å². The molecule has 10 heteroatoms. The third-order valence-corrected chi connectivity index (χ3v) is 6.15. The smallest absolute Gasteiger partial charge is 0.336 e. The van der Waals surface area contributed by atoms with Gasteiger partial charge in [-0.3, -0.25) is 19.7 Å². The van der Waals surface area contributed by atoms with Crippen molar-refractivity contribution in [1.29, 1.82) is 0 Å². The summed E-state index contributed by atoms with van der Waals surface area (Å²) in [7, 11) is 0. The first-order valence-electron chi connectivity index (χ1n) is 12.9. The molecule has 10 nitrogen and oxygen atoms in total. The van der Waals surface area contributed by atoms with E-state index in [9.17, 15) is 19.2 Å². The number of hydrogen-bond donors (Lipinski definition) is 5. The van der Waals surface area contributed by atoms with Crippen LogP contribution in [0.3, 0.4) is 0 Å². The van der Waals surface area contributed by atoms with Crippen LogP contribution in [0.4, 0.5) is 0 Å². The van der Waals surface area contributed by atoms with E-state index < -0.39 is 41.5 Å². The molecule has 2 rings (SSSR count). The van der Waals surface area contributed by atoms with Gasteiger partial charge in [0.15, 0.2) is 0 Å². The van der Waals surface area contributed by atoms with Crippen LogP contribution in [0.1, 0.15) is 58.9 Å². The summed E-state index contributed by atoms with van der Waals surface area (Å²) >= 11 is 0. The quantitative estimate of drug-likeness (QED) is 0.186. The Labute approximate surface area is 217 Å². The molecule has 0 spiro atoms. The molecule has 0 fully saturated rings. The van der Waals surface area contributed by atoms with Gasteiger partial charge in [-0.25, -0.2) is 4.79 Å². The number of carbonyl (C=O) groups is 3. The molecular formula is C27H41N5O5. The number of nitrogens with one attached hydrogen (secondary N) is 3. The van der Waals surface area contributed by atoms with Crippen molar-refractivity contribution in [1.82, 2.24) is 16.0 Å². The molecule has 0 saturated heterocycles. The molecule has 3 atom stereocenters. The van der Waals surface area contributed by atoms with E-state index in [-0.39, 0.29) is 18.4 Å². The van der Waals surface area contributed by atoms with Crippen molar-refractivity contribution in [2.24, 2.45) is 23.3 Å². The summed E-state index contributed by atoms with van der Waals surface area (Å²) in [4.78, 5) is 50.7. The molecule has 0 aliphatic carbocycles. The van der Waals surface area contributed by atoms with Crippen LogP contribution in [0.15, 0.2) is 39.5 Å². The second kappa shape index (κ2) is 14.6. The van der Waals surface area contributed by atoms with E-state index in [1.54, 1.807) is 12.1 Å². The van der Waals surface area contributed by atoms with Gasteiger partial charge in [0, 0.05) is 18.0 Å². The molecule has 1 heterocycles. The number of unbranched alkanes of at least 4 members (excludes halogenated alkanes) is 1. The van der Waals surface area contributed by atoms with Crippen molar-refractivity contribution in [3.8, 4) is 0 Å². The van der Waals surface area contributed by atoms with Crippen molar-refractivity contribution in [2.75, 3.05) is 6.54 Å². The molecule has 1 aromatic carbocycles. The molecule has 0 bridgehead atoms. The standard InChI is InChI=1S/C27H41N5O5/c1-16(2)13-21(31-27(36)24(29)17(3)4)26(35)32-25(34)20(10-7-8-12-28)30-15-18-14-23(33)37-22-11-6-5-9-19(18)22/h5-6,9,11,14,16-17,20-21,24,30H,7-8,10,12-13,15,28-29H2,1-4H3,(H,31,36)(H,32,34,35)/t20-,21-,24+/m0/s1. The first kappa shape index (κ1) is 30.1. The van der Waals surface area contributed by atoms with Gasteiger partial charge < -0.3 is 26.5 Å². The van der Waals surface area contributed by atoms with Crippen LogP contribution in [0.2, 0.25) is 0 Å². The summed E-state index contributed by atoms with van der Waals surface area (Å²) in [6.45, 7) is 8.20. The van der Waals surface area contributed by atoms with Gasteiger partial charge in [0.2, 0.25) is 17.7 Å². The predicted octanol–water partition coefficient (Wildman–Crippen LogP) is 1.54. The fourth-order valence-electron chi connectivity index (χ4n) is 3.95. The molecule has 37 heavy (non-hydrogen) atoms. The lowest BCUT2D eigenvalue weighted by Gasteiger charge is -2.24. The van der Waals surface area contributed by atoms with Crippen LogP contribution in [0, 0.1) is 11.8 Å². The first-order valence-corrected chi connectivity index (χ1v) is 12.9. The fraction of sp³-hybridized carbons (Fsp3) is 0.556. The van der Waals surface area contributed by atoms with Crippen molar-refractivity contribution in [2.45, 2.75) is 78.0 Å². The van der Waals surface area contributed by atoms with Gasteiger partial charge in [-0.05, 0) is 49.3 Å². The highest BCUT2D eigenvalue weighted by atomic mass is 16.4. The number of hydrogen-bond acceptors (Lipinski definition) is 8. The van der Waals surface area contributed by atoms with Crippen LogP contribution in [-0.2, 0) is 20.9 Å². The molecule has 3 amide bonds. The minimum absolute atomic E-state index is 0.0953. The maximum absolute atomic E-state index is 13.2. The highest BCUT2D eigenvalue weighted by Gasteiger charge is 2.29. The first-order chi connectivity index (χ1) is 17.5. The lowest BCUT2D eigenvalue weighted by atomic mass is 10.00. The zero-order valence-corrected chi connectivity index (χ0v) is 22.2. The highest BCUT2D eigenvalue weighted by molar-refractivity contribution is 6.01. The van der Waals surface area contributed by atoms with Gasteiger partial charge in [-0.15, -0.1) is 0 Å². The van der Waals surface area contributed by atoms with Crippen LogP contribution < -0.4 is 33.0 Å². The largest absolute Gasteiger partial charge is 0.423 e. The van der Waals surface area contributed by atoms with Crippen LogP contribution in [0.25, 0.3) is 11.0 Å². The van der Waals surface area contributed by atoms with Crippen molar-refractivity contribution >= 4 is 28.7 Å². The number of para-hydroxylation sites is 1. The normalized spacial score (nSPS) is 13.9. The molecule has 1 aromatic heterocycles. The Hall–Kier alpha value is -3.08. The zero-order chi connectivity index (χ0) is 27.5. The Kier molecular flexibility index (Phi) is 11.9. The monoisotopic (exact) mass is 515 g/mol. The number of rotatable bonds is 14. The second-order valence-electron chi connectivity index (χ2n) is 10.1. The Morgan fingerprint density at radius 2 is 1.65 bits per heavy atom. The van der Waals surface area contributed by atoms with Crippen LogP contribution in [-0.4, -0.2) is 42.4 Å². The fourth-order valence-corrected chi connectivity index (χ4v) is 3.95. The van der Waals surface area contributed by atoms with Crippen molar-refractivity contribution in [3.05, 3.63) is 46.3 Å². The van der Waals surface area contributed by atoms with Gasteiger partial charge >= 0.3 is 5.63 Å². The van der Waals surface area contributed by atoms with E-state index in [2.05, 4.69) is 16.0 Å². The van der Waals surface area contributed by atoms with Gasteiger partial charge in [0.05, 0.1) is 12.1 Å². The predicted molar refractivity (Wildman–Crippen MR) is 143 cm³/mol. The summed E-state index contributed by atoms with van der Waals surface area (Å²) in [5.41, 5.74) is 12.2. The third-order valence-electron chi connectivity index (χ3n) is 6.15. The molecule has 0 aliphatic heterocycles. The maximum Gasteiger partial charge on any atom is 0.336 e. The molecular weight excluding hydrogens is 474 g/mol. The Morgan fingerprint density at radius 1 is 0.973 bits per heavy atom. The van der Waals surface area contributed by atoms with Gasteiger partial charge in [-0.2, -0.15) is 0 Å².